The Bertz CT molecular complexity index is 396. The van der Waals surface area contributed by atoms with Crippen molar-refractivity contribution in [2.24, 2.45) is 10.9 Å². The number of carbonyl (C=O) groups excluding carboxylic acids is 1. The minimum Gasteiger partial charge on any atom is -0.480 e. The van der Waals surface area contributed by atoms with Gasteiger partial charge in [-0.25, -0.2) is 4.79 Å². The van der Waals surface area contributed by atoms with Crippen LogP contribution in [-0.4, -0.2) is 47.7 Å². The number of hydrogen-bond donors (Lipinski definition) is 4. The van der Waals surface area contributed by atoms with Crippen LogP contribution in [0.5, 0.6) is 0 Å². The summed E-state index contributed by atoms with van der Waals surface area (Å²) in [6, 6.07) is -1.42. The van der Waals surface area contributed by atoms with Crippen LogP contribution in [0.3, 0.4) is 0 Å². The van der Waals surface area contributed by atoms with Crippen molar-refractivity contribution in [2.45, 2.75) is 76.9 Å². The topological polar surface area (TPSA) is 134 Å². The van der Waals surface area contributed by atoms with Gasteiger partial charge in [0, 0.05) is 5.54 Å². The second-order valence-electron chi connectivity index (χ2n) is 6.98. The highest BCUT2D eigenvalue weighted by atomic mass is 16.4. The predicted molar refractivity (Wildman–Crippen MR) is 93.7 cm³/mol. The quantitative estimate of drug-likeness (QED) is 0.294. The Hall–Kier alpha value is -1.54. The van der Waals surface area contributed by atoms with Crippen molar-refractivity contribution in [3.63, 3.8) is 0 Å². The normalized spacial score (nSPS) is 14.0. The van der Waals surface area contributed by atoms with Gasteiger partial charge >= 0.3 is 5.97 Å². The van der Waals surface area contributed by atoms with Crippen molar-refractivity contribution in [1.82, 2.24) is 10.6 Å². The van der Waals surface area contributed by atoms with E-state index in [2.05, 4.69) is 15.8 Å². The van der Waals surface area contributed by atoms with E-state index in [9.17, 15) is 19.6 Å². The summed E-state index contributed by atoms with van der Waals surface area (Å²) in [5.74, 6) is -1.39. The zero-order valence-electron chi connectivity index (χ0n) is 15.0. The zero-order chi connectivity index (χ0) is 18.6. The van der Waals surface area contributed by atoms with Gasteiger partial charge in [-0.15, -0.1) is 0 Å². The molecule has 0 aliphatic rings. The SMILES string of the molecule is CC(C)(C)N[C@H](CCCCN)C(=O)N[C@H](CCCCN=O)C(=O)O. The Balaban J connectivity index is 4.70. The lowest BCUT2D eigenvalue weighted by atomic mass is 10.0. The van der Waals surface area contributed by atoms with Crippen LogP contribution in [0.4, 0.5) is 0 Å². The second-order valence-corrected chi connectivity index (χ2v) is 6.98. The summed E-state index contributed by atoms with van der Waals surface area (Å²) >= 11 is 0. The molecule has 0 aromatic carbocycles. The van der Waals surface area contributed by atoms with Crippen molar-refractivity contribution in [3.8, 4) is 0 Å². The minimum atomic E-state index is -1.07. The number of carboxylic acids is 1. The molecule has 24 heavy (non-hydrogen) atoms. The molecule has 2 atom stereocenters. The first-order valence-electron chi connectivity index (χ1n) is 8.51. The van der Waals surface area contributed by atoms with Crippen LogP contribution in [0.15, 0.2) is 5.18 Å². The summed E-state index contributed by atoms with van der Waals surface area (Å²) in [7, 11) is 0. The van der Waals surface area contributed by atoms with Gasteiger partial charge in [0.2, 0.25) is 5.91 Å². The monoisotopic (exact) mass is 344 g/mol. The fourth-order valence-corrected chi connectivity index (χ4v) is 2.34. The van der Waals surface area contributed by atoms with E-state index in [4.69, 9.17) is 5.73 Å². The fourth-order valence-electron chi connectivity index (χ4n) is 2.34. The number of aliphatic carboxylic acids is 1. The molecule has 8 nitrogen and oxygen atoms in total. The third-order valence-electron chi connectivity index (χ3n) is 3.48. The average Bonchev–Trinajstić information content (AvgIpc) is 2.47. The Labute approximate surface area is 143 Å². The second kappa shape index (κ2) is 11.9. The number of nitrogens with two attached hydrogens (primary N) is 1. The van der Waals surface area contributed by atoms with Gasteiger partial charge in [0.1, 0.15) is 6.04 Å². The molecule has 0 aromatic rings. The Kier molecular flexibility index (Phi) is 11.1. The van der Waals surface area contributed by atoms with Crippen molar-refractivity contribution in [1.29, 1.82) is 0 Å². The highest BCUT2D eigenvalue weighted by molar-refractivity contribution is 5.86. The Morgan fingerprint density at radius 2 is 1.67 bits per heavy atom. The van der Waals surface area contributed by atoms with E-state index >= 15 is 0 Å². The molecule has 5 N–H and O–H groups in total. The maximum atomic E-state index is 12.5. The first kappa shape index (κ1) is 22.5. The lowest BCUT2D eigenvalue weighted by molar-refractivity contribution is -0.142. The molecule has 1 amide bonds. The molecule has 0 aliphatic heterocycles. The summed E-state index contributed by atoms with van der Waals surface area (Å²) in [4.78, 5) is 33.9. The molecular formula is C16H32N4O4. The van der Waals surface area contributed by atoms with Crippen LogP contribution >= 0.6 is 0 Å². The number of nitrogens with zero attached hydrogens (tertiary/aromatic N) is 1. The van der Waals surface area contributed by atoms with Gasteiger partial charge in [-0.3, -0.25) is 4.79 Å². The largest absolute Gasteiger partial charge is 0.480 e. The molecule has 0 radical (unpaired) electrons. The van der Waals surface area contributed by atoms with Crippen LogP contribution in [0.2, 0.25) is 0 Å². The summed E-state index contributed by atoms with van der Waals surface area (Å²) < 4.78 is 0. The molecule has 0 saturated carbocycles. The van der Waals surface area contributed by atoms with Gasteiger partial charge in [0.15, 0.2) is 0 Å². The van der Waals surface area contributed by atoms with Crippen molar-refractivity contribution >= 4 is 11.9 Å². The molecule has 0 saturated heterocycles. The minimum absolute atomic E-state index is 0.160. The van der Waals surface area contributed by atoms with E-state index in [0.717, 1.165) is 12.8 Å². The Morgan fingerprint density at radius 1 is 1.08 bits per heavy atom. The molecule has 0 aliphatic carbocycles. The van der Waals surface area contributed by atoms with Crippen LogP contribution in [-0.2, 0) is 9.59 Å². The smallest absolute Gasteiger partial charge is 0.326 e. The van der Waals surface area contributed by atoms with Crippen molar-refractivity contribution in [3.05, 3.63) is 4.91 Å². The van der Waals surface area contributed by atoms with E-state index in [-0.39, 0.29) is 24.4 Å². The molecule has 140 valence electrons. The van der Waals surface area contributed by atoms with Gasteiger partial charge in [-0.1, -0.05) is 11.6 Å². The standard InChI is InChI=1S/C16H32N4O4/c1-16(2,3)20-12(8-4-6-10-17)14(21)19-13(15(22)23)9-5-7-11-18-24/h12-13,20H,4-11,17H2,1-3H3,(H,19,21)(H,22,23)/t12-,13-/m1/s1. The molecular weight excluding hydrogens is 312 g/mol. The molecule has 0 spiro atoms. The van der Waals surface area contributed by atoms with Gasteiger partial charge in [0.25, 0.3) is 0 Å². The maximum absolute atomic E-state index is 12.5. The molecule has 0 aromatic heterocycles. The number of amides is 1. The predicted octanol–water partition coefficient (Wildman–Crippen LogP) is 1.38. The molecule has 8 heteroatoms. The average molecular weight is 344 g/mol. The highest BCUT2D eigenvalue weighted by Crippen LogP contribution is 2.09. The van der Waals surface area contributed by atoms with E-state index in [1.165, 1.54) is 0 Å². The number of carboxylic acid groups (broad SMARTS) is 1. The molecule has 0 fully saturated rings. The van der Waals surface area contributed by atoms with E-state index in [1.54, 1.807) is 0 Å². The summed E-state index contributed by atoms with van der Waals surface area (Å²) in [6.45, 7) is 6.59. The third kappa shape index (κ3) is 11.1. The van der Waals surface area contributed by atoms with Gasteiger partial charge < -0.3 is 21.5 Å². The molecule has 0 rings (SSSR count). The van der Waals surface area contributed by atoms with Crippen molar-refractivity contribution in [2.75, 3.05) is 13.1 Å². The lowest BCUT2D eigenvalue weighted by Gasteiger charge is -2.29. The van der Waals surface area contributed by atoms with Crippen molar-refractivity contribution < 1.29 is 14.7 Å². The van der Waals surface area contributed by atoms with Gasteiger partial charge in [-0.05, 0) is 59.4 Å². The van der Waals surface area contributed by atoms with E-state index < -0.39 is 18.1 Å². The number of carbonyl (C=O) groups is 2. The molecule has 0 heterocycles. The molecule has 0 bridgehead atoms. The first-order chi connectivity index (χ1) is 11.2. The van der Waals surface area contributed by atoms with Crippen LogP contribution in [0.1, 0.15) is 59.3 Å². The van der Waals surface area contributed by atoms with Crippen LogP contribution in [0.25, 0.3) is 0 Å². The van der Waals surface area contributed by atoms with Crippen LogP contribution < -0.4 is 16.4 Å². The maximum Gasteiger partial charge on any atom is 0.326 e. The number of unbranched alkanes of at least 4 members (excludes halogenated alkanes) is 2. The number of hydrogen-bond acceptors (Lipinski definition) is 6. The Morgan fingerprint density at radius 3 is 2.17 bits per heavy atom. The third-order valence-corrected chi connectivity index (χ3v) is 3.48. The fraction of sp³-hybridized carbons (Fsp3) is 0.875. The number of nitrogens with one attached hydrogen (secondary N) is 2. The van der Waals surface area contributed by atoms with Crippen LogP contribution in [0, 0.1) is 4.91 Å². The number of rotatable bonds is 13. The zero-order valence-corrected chi connectivity index (χ0v) is 15.0. The van der Waals surface area contributed by atoms with Gasteiger partial charge in [0.05, 0.1) is 12.6 Å². The first-order valence-corrected chi connectivity index (χ1v) is 8.51. The molecule has 0 unspecified atom stereocenters. The highest BCUT2D eigenvalue weighted by Gasteiger charge is 2.27. The van der Waals surface area contributed by atoms with E-state index in [1.807, 2.05) is 20.8 Å². The lowest BCUT2D eigenvalue weighted by Crippen LogP contribution is -2.54. The summed E-state index contributed by atoms with van der Waals surface area (Å²) in [6.07, 6.45) is 3.53. The summed E-state index contributed by atoms with van der Waals surface area (Å²) in [5.41, 5.74) is 5.22. The van der Waals surface area contributed by atoms with E-state index in [0.29, 0.717) is 25.8 Å². The summed E-state index contributed by atoms with van der Waals surface area (Å²) in [5, 5.41) is 17.8. The van der Waals surface area contributed by atoms with Gasteiger partial charge in [-0.2, -0.15) is 4.91 Å². The number of nitroso groups, excluding NO2 is 1.